The maximum Gasteiger partial charge on any atom is 0.256 e. The predicted octanol–water partition coefficient (Wildman–Crippen LogP) is 2.63. The van der Waals surface area contributed by atoms with Crippen molar-refractivity contribution in [3.63, 3.8) is 0 Å². The summed E-state index contributed by atoms with van der Waals surface area (Å²) in [7, 11) is 1.37. The lowest BCUT2D eigenvalue weighted by molar-refractivity contribution is -0.119. The average Bonchev–Trinajstić information content (AvgIpc) is 3.54. The minimum Gasteiger partial charge on any atom is -0.375 e. The Kier molecular flexibility index (Phi) is 6.63. The predicted molar refractivity (Wildman–Crippen MR) is 134 cm³/mol. The van der Waals surface area contributed by atoms with Crippen molar-refractivity contribution in [3.05, 3.63) is 46.0 Å². The van der Waals surface area contributed by atoms with Crippen LogP contribution in [0.2, 0.25) is 0 Å². The summed E-state index contributed by atoms with van der Waals surface area (Å²) < 4.78 is 19.5. The van der Waals surface area contributed by atoms with Gasteiger partial charge in [-0.1, -0.05) is 0 Å². The van der Waals surface area contributed by atoms with E-state index in [1.54, 1.807) is 6.08 Å². The molecule has 0 bridgehead atoms. The van der Waals surface area contributed by atoms with Gasteiger partial charge in [0.1, 0.15) is 12.4 Å². The van der Waals surface area contributed by atoms with Crippen molar-refractivity contribution in [1.29, 1.82) is 0 Å². The van der Waals surface area contributed by atoms with Crippen LogP contribution in [-0.2, 0) is 20.7 Å². The molecule has 1 fully saturated rings. The van der Waals surface area contributed by atoms with Crippen LogP contribution in [0.5, 0.6) is 0 Å². The molecule has 0 radical (unpaired) electrons. The number of likely N-dealkylation sites (tertiary alicyclic amines) is 1. The van der Waals surface area contributed by atoms with E-state index < -0.39 is 11.7 Å². The Bertz CT molecular complexity index is 1260. The Morgan fingerprint density at radius 1 is 1.19 bits per heavy atom. The summed E-state index contributed by atoms with van der Waals surface area (Å²) in [5, 5.41) is 5.17. The number of H-pyrrole nitrogens is 1. The number of amides is 3. The molecule has 5 rings (SSSR count). The van der Waals surface area contributed by atoms with Crippen LogP contribution in [0.4, 0.5) is 15.8 Å². The van der Waals surface area contributed by atoms with Crippen molar-refractivity contribution in [2.24, 2.45) is 0 Å². The van der Waals surface area contributed by atoms with E-state index in [9.17, 15) is 18.8 Å². The number of halogens is 1. The lowest BCUT2D eigenvalue weighted by Gasteiger charge is -2.29. The van der Waals surface area contributed by atoms with E-state index in [0.717, 1.165) is 30.9 Å². The third kappa shape index (κ3) is 4.54. The van der Waals surface area contributed by atoms with E-state index in [4.69, 9.17) is 4.74 Å². The summed E-state index contributed by atoms with van der Waals surface area (Å²) >= 11 is 0. The SMILES string of the molecule is COCC(=O)Nc1cc2c(cc1F)/C(=C\c1[nH]c3c(c1C)C(=O)N(CCN1CCCC1)CC3)C(=O)N2. The van der Waals surface area contributed by atoms with Gasteiger partial charge in [-0.15, -0.1) is 0 Å². The highest BCUT2D eigenvalue weighted by atomic mass is 19.1. The molecule has 1 saturated heterocycles. The van der Waals surface area contributed by atoms with Crippen molar-refractivity contribution >= 4 is 40.7 Å². The zero-order valence-electron chi connectivity index (χ0n) is 20.5. The molecule has 36 heavy (non-hydrogen) atoms. The fraction of sp³-hybridized carbons (Fsp3) is 0.423. The zero-order chi connectivity index (χ0) is 25.4. The first-order chi connectivity index (χ1) is 17.4. The van der Waals surface area contributed by atoms with Gasteiger partial charge in [-0.3, -0.25) is 14.4 Å². The first kappa shape index (κ1) is 24.2. The number of rotatable bonds is 7. The van der Waals surface area contributed by atoms with E-state index >= 15 is 0 Å². The van der Waals surface area contributed by atoms with Crippen molar-refractivity contribution in [3.8, 4) is 0 Å². The van der Waals surface area contributed by atoms with E-state index in [-0.39, 0.29) is 24.1 Å². The number of fused-ring (bicyclic) bond motifs is 2. The molecule has 1 aromatic carbocycles. The van der Waals surface area contributed by atoms with E-state index in [1.165, 1.54) is 32.1 Å². The lowest BCUT2D eigenvalue weighted by Crippen LogP contribution is -2.42. The second kappa shape index (κ2) is 9.87. The van der Waals surface area contributed by atoms with Gasteiger partial charge in [-0.25, -0.2) is 4.39 Å². The monoisotopic (exact) mass is 495 g/mol. The van der Waals surface area contributed by atoms with Gasteiger partial charge in [0.05, 0.1) is 22.5 Å². The van der Waals surface area contributed by atoms with Gasteiger partial charge in [-0.05, 0) is 56.6 Å². The molecular formula is C26H30FN5O4. The molecule has 1 aromatic heterocycles. The molecule has 0 aliphatic carbocycles. The third-order valence-electron chi connectivity index (χ3n) is 7.11. The Hall–Kier alpha value is -3.50. The molecule has 0 unspecified atom stereocenters. The van der Waals surface area contributed by atoms with Crippen molar-refractivity contribution < 1.29 is 23.5 Å². The largest absolute Gasteiger partial charge is 0.375 e. The topological polar surface area (TPSA) is 107 Å². The molecule has 3 amide bonds. The van der Waals surface area contributed by atoms with Gasteiger partial charge in [0.15, 0.2) is 0 Å². The number of aromatic nitrogens is 1. The van der Waals surface area contributed by atoms with Crippen LogP contribution < -0.4 is 10.6 Å². The number of hydrogen-bond donors (Lipinski definition) is 3. The summed E-state index contributed by atoms with van der Waals surface area (Å²) in [6.07, 6.45) is 4.82. The Morgan fingerprint density at radius 3 is 2.72 bits per heavy atom. The fourth-order valence-corrected chi connectivity index (χ4v) is 5.20. The minimum absolute atomic E-state index is 0.00704. The van der Waals surface area contributed by atoms with Gasteiger partial charge in [0.25, 0.3) is 11.8 Å². The van der Waals surface area contributed by atoms with Gasteiger partial charge < -0.3 is 30.2 Å². The van der Waals surface area contributed by atoms with E-state index in [0.29, 0.717) is 47.6 Å². The summed E-state index contributed by atoms with van der Waals surface area (Å²) in [4.78, 5) is 45.4. The number of hydrogen-bond acceptors (Lipinski definition) is 5. The summed E-state index contributed by atoms with van der Waals surface area (Å²) in [6.45, 7) is 6.10. The molecule has 3 aliphatic rings. The molecule has 190 valence electrons. The molecule has 10 heteroatoms. The third-order valence-corrected chi connectivity index (χ3v) is 7.11. The highest BCUT2D eigenvalue weighted by Crippen LogP contribution is 2.37. The number of aromatic amines is 1. The Morgan fingerprint density at radius 2 is 1.97 bits per heavy atom. The van der Waals surface area contributed by atoms with Crippen LogP contribution >= 0.6 is 0 Å². The summed E-state index contributed by atoms with van der Waals surface area (Å²) in [5.74, 6) is -1.53. The Labute approximate surface area is 208 Å². The molecule has 0 atom stereocenters. The van der Waals surface area contributed by atoms with Crippen LogP contribution in [-0.4, -0.2) is 78.9 Å². The van der Waals surface area contributed by atoms with E-state index in [1.807, 2.05) is 11.8 Å². The van der Waals surface area contributed by atoms with Crippen LogP contribution in [0.1, 0.15) is 45.7 Å². The standard InChI is InChI=1S/C26H30FN5O4/c1-15-20(28-19-5-8-32(26(35)24(15)19)10-9-31-6-3-4-7-31)12-17-16-11-18(27)22(29-23(33)14-36-2)13-21(16)30-25(17)34/h11-13,28H,3-10,14H2,1-2H3,(H,29,33)(H,30,34)/b17-12+. The van der Waals surface area contributed by atoms with Crippen LogP contribution in [0.3, 0.4) is 0 Å². The van der Waals surface area contributed by atoms with Gasteiger partial charge >= 0.3 is 0 Å². The molecule has 3 N–H and O–H groups in total. The zero-order valence-corrected chi connectivity index (χ0v) is 20.5. The summed E-state index contributed by atoms with van der Waals surface area (Å²) in [5.41, 5.74) is 4.01. The van der Waals surface area contributed by atoms with Gasteiger partial charge in [0.2, 0.25) is 5.91 Å². The first-order valence-corrected chi connectivity index (χ1v) is 12.2. The number of nitrogens with one attached hydrogen (secondary N) is 3. The highest BCUT2D eigenvalue weighted by Gasteiger charge is 2.31. The molecule has 0 spiro atoms. The first-order valence-electron chi connectivity index (χ1n) is 12.2. The van der Waals surface area contributed by atoms with Crippen molar-refractivity contribution in [1.82, 2.24) is 14.8 Å². The fourth-order valence-electron chi connectivity index (χ4n) is 5.20. The molecule has 2 aromatic rings. The molecule has 4 heterocycles. The normalized spacial score (nSPS) is 18.5. The number of ether oxygens (including phenoxy) is 1. The lowest BCUT2D eigenvalue weighted by atomic mass is 10.0. The van der Waals surface area contributed by atoms with Crippen molar-refractivity contribution in [2.45, 2.75) is 26.2 Å². The van der Waals surface area contributed by atoms with E-state index in [2.05, 4.69) is 20.5 Å². The molecule has 3 aliphatic heterocycles. The number of carbonyl (C=O) groups excluding carboxylic acids is 3. The summed E-state index contributed by atoms with van der Waals surface area (Å²) in [6, 6.07) is 2.62. The number of methoxy groups -OCH3 is 1. The maximum atomic E-state index is 14.7. The van der Waals surface area contributed by atoms with Crippen molar-refractivity contribution in [2.75, 3.05) is 57.1 Å². The van der Waals surface area contributed by atoms with Crippen LogP contribution in [0.15, 0.2) is 12.1 Å². The minimum atomic E-state index is -0.660. The Balaban J connectivity index is 1.39. The second-order valence-corrected chi connectivity index (χ2v) is 9.48. The highest BCUT2D eigenvalue weighted by molar-refractivity contribution is 6.35. The van der Waals surface area contributed by atoms with Gasteiger partial charge in [-0.2, -0.15) is 0 Å². The van der Waals surface area contributed by atoms with Gasteiger partial charge in [0, 0.05) is 50.1 Å². The number of carbonyl (C=O) groups is 3. The molecule has 9 nitrogen and oxygen atoms in total. The molecule has 0 saturated carbocycles. The number of anilines is 2. The number of nitrogens with zero attached hydrogens (tertiary/aromatic N) is 2. The number of benzene rings is 1. The maximum absolute atomic E-state index is 14.7. The average molecular weight is 496 g/mol. The van der Waals surface area contributed by atoms with Crippen LogP contribution in [0.25, 0.3) is 11.6 Å². The molecular weight excluding hydrogens is 465 g/mol. The second-order valence-electron chi connectivity index (χ2n) is 9.48. The quantitative estimate of drug-likeness (QED) is 0.512. The van der Waals surface area contributed by atoms with Crippen LogP contribution in [0, 0.1) is 12.7 Å². The smallest absolute Gasteiger partial charge is 0.256 e.